The first kappa shape index (κ1) is 23.2. The third kappa shape index (κ3) is 4.20. The average Bonchev–Trinajstić information content (AvgIpc) is 3.30. The number of halogens is 1. The molecule has 0 bridgehead atoms. The number of aromatic nitrogens is 3. The van der Waals surface area contributed by atoms with Crippen molar-refractivity contribution in [1.82, 2.24) is 14.5 Å². The van der Waals surface area contributed by atoms with Gasteiger partial charge in [0, 0.05) is 30.6 Å². The lowest BCUT2D eigenvalue weighted by atomic mass is 9.98. The number of anilines is 1. The first-order valence-electron chi connectivity index (χ1n) is 11.6. The fourth-order valence-corrected chi connectivity index (χ4v) is 4.50. The Balaban J connectivity index is 1.58. The number of benzene rings is 2. The number of nitrogens with one attached hydrogen (secondary N) is 2. The van der Waals surface area contributed by atoms with Gasteiger partial charge in [0.25, 0.3) is 5.56 Å². The molecule has 1 unspecified atom stereocenters. The first-order chi connectivity index (χ1) is 17.3. The van der Waals surface area contributed by atoms with Crippen LogP contribution in [0, 0.1) is 12.7 Å². The second kappa shape index (κ2) is 9.26. The van der Waals surface area contributed by atoms with Crippen molar-refractivity contribution in [3.63, 3.8) is 0 Å². The molecule has 0 saturated carbocycles. The summed E-state index contributed by atoms with van der Waals surface area (Å²) in [7, 11) is 1.75. The van der Waals surface area contributed by atoms with Crippen molar-refractivity contribution in [2.24, 2.45) is 7.05 Å². The Morgan fingerprint density at radius 2 is 1.78 bits per heavy atom. The van der Waals surface area contributed by atoms with Gasteiger partial charge in [-0.3, -0.25) is 9.59 Å². The summed E-state index contributed by atoms with van der Waals surface area (Å²) in [5.74, 6) is -0.710. The van der Waals surface area contributed by atoms with E-state index >= 15 is 0 Å². The fourth-order valence-electron chi connectivity index (χ4n) is 4.50. The Morgan fingerprint density at radius 3 is 2.50 bits per heavy atom. The molecule has 2 N–H and O–H groups in total. The minimum atomic E-state index is -0.491. The maximum Gasteiger partial charge on any atom is 0.260 e. The molecule has 2 aromatic carbocycles. The van der Waals surface area contributed by atoms with E-state index in [0.717, 1.165) is 33.5 Å². The number of carbonyl (C=O) groups excluding carboxylic acids is 1. The highest BCUT2D eigenvalue weighted by Crippen LogP contribution is 2.38. The van der Waals surface area contributed by atoms with Gasteiger partial charge in [-0.15, -0.1) is 0 Å². The first-order valence-corrected chi connectivity index (χ1v) is 11.6. The van der Waals surface area contributed by atoms with Crippen LogP contribution in [0.1, 0.15) is 24.0 Å². The molecule has 0 saturated heterocycles. The van der Waals surface area contributed by atoms with E-state index < -0.39 is 5.92 Å². The van der Waals surface area contributed by atoms with Gasteiger partial charge in [-0.2, -0.15) is 0 Å². The molecular weight excluding hydrogens is 455 g/mol. The van der Waals surface area contributed by atoms with Crippen molar-refractivity contribution in [3.8, 4) is 22.4 Å². The third-order valence-electron chi connectivity index (χ3n) is 6.44. The number of fused-ring (bicyclic) bond motifs is 1. The SMILES string of the molecule is Cc1cn(C)c(=O)c2c(-c3ccccc3)c(-c3ccnc(NC(=O)C(C)c4ccc(F)cc4)c3)[nH]c12. The molecule has 180 valence electrons. The van der Waals surface area contributed by atoms with Crippen LogP contribution in [0.2, 0.25) is 0 Å². The highest BCUT2D eigenvalue weighted by atomic mass is 19.1. The summed E-state index contributed by atoms with van der Waals surface area (Å²) in [6, 6.07) is 19.3. The summed E-state index contributed by atoms with van der Waals surface area (Å²) < 4.78 is 14.9. The molecule has 0 aliphatic heterocycles. The summed E-state index contributed by atoms with van der Waals surface area (Å²) in [4.78, 5) is 33.9. The molecule has 0 fully saturated rings. The zero-order valence-electron chi connectivity index (χ0n) is 20.2. The number of aryl methyl sites for hydroxylation is 2. The number of carbonyl (C=O) groups is 1. The summed E-state index contributed by atoms with van der Waals surface area (Å²) in [5.41, 5.74) is 5.61. The molecular formula is C29H25FN4O2. The molecule has 3 aromatic heterocycles. The van der Waals surface area contributed by atoms with E-state index in [9.17, 15) is 14.0 Å². The van der Waals surface area contributed by atoms with E-state index in [1.165, 1.54) is 12.1 Å². The van der Waals surface area contributed by atoms with Gasteiger partial charge in [0.15, 0.2) is 0 Å². The number of hydrogen-bond acceptors (Lipinski definition) is 3. The molecule has 5 rings (SSSR count). The van der Waals surface area contributed by atoms with Crippen LogP contribution in [0.15, 0.2) is 83.9 Å². The molecule has 36 heavy (non-hydrogen) atoms. The molecule has 0 radical (unpaired) electrons. The molecule has 0 aliphatic carbocycles. The largest absolute Gasteiger partial charge is 0.354 e. The van der Waals surface area contributed by atoms with Gasteiger partial charge in [0.05, 0.1) is 22.5 Å². The third-order valence-corrected chi connectivity index (χ3v) is 6.44. The van der Waals surface area contributed by atoms with Crippen LogP contribution in [-0.2, 0) is 11.8 Å². The number of rotatable bonds is 5. The number of pyridine rings is 2. The normalized spacial score (nSPS) is 12.0. The van der Waals surface area contributed by atoms with E-state index in [1.807, 2.05) is 49.5 Å². The number of amides is 1. The molecule has 1 amide bonds. The summed E-state index contributed by atoms with van der Waals surface area (Å²) in [5, 5.41) is 3.48. The second-order valence-electron chi connectivity index (χ2n) is 8.91. The van der Waals surface area contributed by atoms with Crippen LogP contribution in [0.5, 0.6) is 0 Å². The predicted molar refractivity (Wildman–Crippen MR) is 140 cm³/mol. The van der Waals surface area contributed by atoms with Gasteiger partial charge < -0.3 is 14.9 Å². The number of aromatic amines is 1. The zero-order chi connectivity index (χ0) is 25.4. The van der Waals surface area contributed by atoms with Crippen LogP contribution in [-0.4, -0.2) is 20.4 Å². The van der Waals surface area contributed by atoms with Crippen molar-refractivity contribution in [3.05, 3.63) is 106 Å². The Hall–Kier alpha value is -4.52. The standard InChI is InChI=1S/C29H25FN4O2/c1-17-16-34(3)29(36)25-24(20-7-5-4-6-8-20)27(33-26(17)25)21-13-14-31-23(15-21)32-28(35)18(2)19-9-11-22(30)12-10-19/h4-16,18,33H,1-3H3,(H,31,32,35). The maximum absolute atomic E-state index is 13.3. The van der Waals surface area contributed by atoms with Gasteiger partial charge in [-0.05, 0) is 54.8 Å². The fraction of sp³-hybridized carbons (Fsp3) is 0.138. The number of nitrogens with zero attached hydrogens (tertiary/aromatic N) is 2. The van der Waals surface area contributed by atoms with Gasteiger partial charge in [0.1, 0.15) is 11.6 Å². The van der Waals surface area contributed by atoms with Crippen molar-refractivity contribution in [2.45, 2.75) is 19.8 Å². The molecule has 7 heteroatoms. The molecule has 1 atom stereocenters. The van der Waals surface area contributed by atoms with Crippen LogP contribution >= 0.6 is 0 Å². The zero-order valence-corrected chi connectivity index (χ0v) is 20.2. The van der Waals surface area contributed by atoms with E-state index in [2.05, 4.69) is 15.3 Å². The van der Waals surface area contributed by atoms with Crippen LogP contribution in [0.3, 0.4) is 0 Å². The highest BCUT2D eigenvalue weighted by Gasteiger charge is 2.21. The molecule has 6 nitrogen and oxygen atoms in total. The lowest BCUT2D eigenvalue weighted by Crippen LogP contribution is -2.19. The quantitative estimate of drug-likeness (QED) is 0.334. The minimum Gasteiger partial charge on any atom is -0.354 e. The summed E-state index contributed by atoms with van der Waals surface area (Å²) in [6.07, 6.45) is 3.44. The van der Waals surface area contributed by atoms with Crippen molar-refractivity contribution >= 4 is 22.6 Å². The average molecular weight is 481 g/mol. The molecule has 0 spiro atoms. The maximum atomic E-state index is 13.3. The molecule has 0 aliphatic rings. The Labute approximate surface area is 207 Å². The van der Waals surface area contributed by atoms with Gasteiger partial charge in [0.2, 0.25) is 5.91 Å². The second-order valence-corrected chi connectivity index (χ2v) is 8.91. The van der Waals surface area contributed by atoms with Crippen LogP contribution in [0.25, 0.3) is 33.3 Å². The minimum absolute atomic E-state index is 0.0901. The van der Waals surface area contributed by atoms with Crippen molar-refractivity contribution in [2.75, 3.05) is 5.32 Å². The van der Waals surface area contributed by atoms with Gasteiger partial charge in [-0.1, -0.05) is 42.5 Å². The van der Waals surface area contributed by atoms with Crippen LogP contribution < -0.4 is 10.9 Å². The predicted octanol–water partition coefficient (Wildman–Crippen LogP) is 5.79. The van der Waals surface area contributed by atoms with E-state index in [1.54, 1.807) is 42.9 Å². The molecule has 5 aromatic rings. The van der Waals surface area contributed by atoms with E-state index in [4.69, 9.17) is 0 Å². The van der Waals surface area contributed by atoms with E-state index in [0.29, 0.717) is 16.8 Å². The Bertz CT molecular complexity index is 1640. The van der Waals surface area contributed by atoms with Crippen molar-refractivity contribution in [1.29, 1.82) is 0 Å². The van der Waals surface area contributed by atoms with Crippen LogP contribution in [0.4, 0.5) is 10.2 Å². The highest BCUT2D eigenvalue weighted by molar-refractivity contribution is 6.04. The number of hydrogen-bond donors (Lipinski definition) is 2. The Morgan fingerprint density at radius 1 is 1.06 bits per heavy atom. The van der Waals surface area contributed by atoms with Crippen molar-refractivity contribution < 1.29 is 9.18 Å². The summed E-state index contributed by atoms with van der Waals surface area (Å²) in [6.45, 7) is 3.72. The van der Waals surface area contributed by atoms with Gasteiger partial charge in [-0.25, -0.2) is 9.37 Å². The Kier molecular flexibility index (Phi) is 5.98. The lowest BCUT2D eigenvalue weighted by molar-refractivity contribution is -0.117. The number of H-pyrrole nitrogens is 1. The summed E-state index contributed by atoms with van der Waals surface area (Å²) >= 11 is 0. The molecule has 3 heterocycles. The topological polar surface area (TPSA) is 79.8 Å². The lowest BCUT2D eigenvalue weighted by Gasteiger charge is -2.13. The monoisotopic (exact) mass is 480 g/mol. The van der Waals surface area contributed by atoms with Gasteiger partial charge >= 0.3 is 0 Å². The van der Waals surface area contributed by atoms with E-state index in [-0.39, 0.29) is 17.3 Å². The smallest absolute Gasteiger partial charge is 0.260 e.